The fourth-order valence-corrected chi connectivity index (χ4v) is 7.17. The van der Waals surface area contributed by atoms with Crippen LogP contribution in [-0.2, 0) is 4.79 Å². The summed E-state index contributed by atoms with van der Waals surface area (Å²) >= 11 is 0. The molecule has 0 spiro atoms. The fourth-order valence-electron chi connectivity index (χ4n) is 7.17. The van der Waals surface area contributed by atoms with Gasteiger partial charge in [-0.1, -0.05) is 0 Å². The van der Waals surface area contributed by atoms with Crippen molar-refractivity contribution in [1.82, 2.24) is 25.4 Å². The minimum absolute atomic E-state index is 0.0266. The van der Waals surface area contributed by atoms with E-state index in [1.165, 1.54) is 33.1 Å². The van der Waals surface area contributed by atoms with E-state index < -0.39 is 29.7 Å². The number of alkyl halides is 4. The number of amides is 1. The monoisotopic (exact) mass is 597 g/mol. The number of hydrogen-bond donors (Lipinski definition) is 2. The van der Waals surface area contributed by atoms with Crippen molar-refractivity contribution < 1.29 is 36.3 Å². The predicted octanol–water partition coefficient (Wildman–Crippen LogP) is 5.11. The lowest BCUT2D eigenvalue weighted by atomic mass is 9.70. The highest BCUT2D eigenvalue weighted by molar-refractivity contribution is 5.98. The predicted molar refractivity (Wildman–Crippen MR) is 143 cm³/mol. The van der Waals surface area contributed by atoms with Crippen molar-refractivity contribution in [3.05, 3.63) is 29.8 Å². The Balaban J connectivity index is 1.22. The van der Waals surface area contributed by atoms with Crippen molar-refractivity contribution in [1.29, 1.82) is 0 Å². The molecule has 230 valence electrons. The van der Waals surface area contributed by atoms with Crippen LogP contribution in [0.1, 0.15) is 62.9 Å². The molecule has 8 nitrogen and oxygen atoms in total. The van der Waals surface area contributed by atoms with Gasteiger partial charge in [-0.15, -0.1) is 0 Å². The number of aromatic amines is 1. The van der Waals surface area contributed by atoms with Crippen molar-refractivity contribution in [3.8, 4) is 17.1 Å². The lowest BCUT2D eigenvalue weighted by Crippen LogP contribution is -2.59. The Hall–Kier alpha value is -3.09. The number of likely N-dealkylation sites (tertiary alicyclic amines) is 1. The Morgan fingerprint density at radius 2 is 1.79 bits per heavy atom. The van der Waals surface area contributed by atoms with Crippen LogP contribution in [0.15, 0.2) is 18.3 Å². The summed E-state index contributed by atoms with van der Waals surface area (Å²) in [7, 11) is 1.41. The summed E-state index contributed by atoms with van der Waals surface area (Å²) in [5, 5.41) is 9.81. The molecule has 1 saturated heterocycles. The largest absolute Gasteiger partial charge is 0.481 e. The van der Waals surface area contributed by atoms with E-state index in [0.717, 1.165) is 23.9 Å². The zero-order valence-electron chi connectivity index (χ0n) is 23.8. The summed E-state index contributed by atoms with van der Waals surface area (Å²) in [5.41, 5.74) is -1.14. The summed E-state index contributed by atoms with van der Waals surface area (Å²) < 4.78 is 74.5. The first-order valence-electron chi connectivity index (χ1n) is 14.3. The number of pyridine rings is 1. The molecule has 5 rings (SSSR count). The molecule has 2 bridgehead atoms. The second-order valence-electron chi connectivity index (χ2n) is 12.5. The molecule has 2 aromatic rings. The molecule has 2 N–H and O–H groups in total. The number of halogens is 5. The third kappa shape index (κ3) is 6.45. The molecule has 3 heterocycles. The standard InChI is InChI=1S/C29H36F5N5O3/c1-28(2,31)14-39-13-18(6-7-23(39)29(32,33)34)36-27(41)17-8-15-4-5-16(9-17)25(15)26(40)22-11-21(37-38-22)19-10-24(42-3)35-12-20(19)30/h10-12,15-18,23,25H,4-9,13-14H2,1-3H3,(H,36,41)(H,37,38)/t15-,16+,17?,18-,23+,25?/m1/s1. The van der Waals surface area contributed by atoms with Gasteiger partial charge in [-0.05, 0) is 70.3 Å². The van der Waals surface area contributed by atoms with Crippen molar-refractivity contribution in [2.75, 3.05) is 20.2 Å². The molecule has 1 aliphatic heterocycles. The van der Waals surface area contributed by atoms with Gasteiger partial charge in [0.15, 0.2) is 11.6 Å². The van der Waals surface area contributed by atoms with Crippen LogP contribution in [0, 0.1) is 29.5 Å². The number of carbonyl (C=O) groups is 2. The van der Waals surface area contributed by atoms with Crippen molar-refractivity contribution in [2.45, 2.75) is 76.3 Å². The van der Waals surface area contributed by atoms with Crippen LogP contribution >= 0.6 is 0 Å². The molecular weight excluding hydrogens is 561 g/mol. The number of nitrogens with zero attached hydrogens (tertiary/aromatic N) is 3. The van der Waals surface area contributed by atoms with Crippen LogP contribution in [0.5, 0.6) is 5.88 Å². The minimum Gasteiger partial charge on any atom is -0.481 e. The number of hydrogen-bond acceptors (Lipinski definition) is 6. The van der Waals surface area contributed by atoms with Gasteiger partial charge >= 0.3 is 6.18 Å². The highest BCUT2D eigenvalue weighted by Gasteiger charge is 2.50. The van der Waals surface area contributed by atoms with Gasteiger partial charge < -0.3 is 10.1 Å². The van der Waals surface area contributed by atoms with E-state index >= 15 is 0 Å². The third-order valence-electron chi connectivity index (χ3n) is 8.92. The Morgan fingerprint density at radius 1 is 1.10 bits per heavy atom. The number of rotatable bonds is 8. The van der Waals surface area contributed by atoms with Crippen molar-refractivity contribution in [2.24, 2.45) is 23.7 Å². The first-order chi connectivity index (χ1) is 19.7. The number of H-pyrrole nitrogens is 1. The van der Waals surface area contributed by atoms with Crippen molar-refractivity contribution in [3.63, 3.8) is 0 Å². The quantitative estimate of drug-likeness (QED) is 0.324. The first-order valence-corrected chi connectivity index (χ1v) is 14.3. The molecule has 6 atom stereocenters. The van der Waals surface area contributed by atoms with Crippen molar-refractivity contribution >= 4 is 11.7 Å². The van der Waals surface area contributed by atoms with Crippen LogP contribution in [0.25, 0.3) is 11.3 Å². The molecule has 3 fully saturated rings. The molecule has 2 unspecified atom stereocenters. The van der Waals surface area contributed by atoms with Crippen LogP contribution < -0.4 is 10.1 Å². The smallest absolute Gasteiger partial charge is 0.404 e. The van der Waals surface area contributed by atoms with E-state index in [1.54, 1.807) is 0 Å². The van der Waals surface area contributed by atoms with Gasteiger partial charge in [0.2, 0.25) is 11.8 Å². The number of piperidine rings is 1. The molecule has 3 aliphatic rings. The molecule has 0 radical (unpaired) electrons. The Morgan fingerprint density at radius 3 is 2.40 bits per heavy atom. The molecule has 2 aliphatic carbocycles. The topological polar surface area (TPSA) is 100 Å². The van der Waals surface area contributed by atoms with Gasteiger partial charge in [-0.2, -0.15) is 18.3 Å². The Bertz CT molecular complexity index is 1300. The highest BCUT2D eigenvalue weighted by Crippen LogP contribution is 2.50. The van der Waals surface area contributed by atoms with Gasteiger partial charge in [0.05, 0.1) is 19.0 Å². The summed E-state index contributed by atoms with van der Waals surface area (Å²) in [6.07, 6.45) is -0.928. The van der Waals surface area contributed by atoms with E-state index in [9.17, 15) is 31.5 Å². The lowest BCUT2D eigenvalue weighted by Gasteiger charge is -2.42. The normalized spacial score (nSPS) is 28.5. The average Bonchev–Trinajstić information content (AvgIpc) is 3.49. The van der Waals surface area contributed by atoms with Gasteiger partial charge in [-0.25, -0.2) is 13.8 Å². The lowest BCUT2D eigenvalue weighted by molar-refractivity contribution is -0.196. The second kappa shape index (κ2) is 11.5. The maximum absolute atomic E-state index is 14.4. The molecule has 2 aromatic heterocycles. The van der Waals surface area contributed by atoms with Gasteiger partial charge in [0.25, 0.3) is 0 Å². The fraction of sp³-hybridized carbons (Fsp3) is 0.655. The van der Waals surface area contributed by atoms with Crippen LogP contribution in [0.3, 0.4) is 0 Å². The number of ketones is 1. The van der Waals surface area contributed by atoms with E-state index in [0.29, 0.717) is 12.8 Å². The molecular formula is C29H36F5N5O3. The van der Waals surface area contributed by atoms with E-state index in [4.69, 9.17) is 4.74 Å². The second-order valence-corrected chi connectivity index (χ2v) is 12.5. The summed E-state index contributed by atoms with van der Waals surface area (Å²) in [4.78, 5) is 31.7. The molecule has 1 amide bonds. The van der Waals surface area contributed by atoms with E-state index in [1.807, 2.05) is 0 Å². The number of aromatic nitrogens is 3. The van der Waals surface area contributed by atoms with Crippen LogP contribution in [0.4, 0.5) is 22.0 Å². The number of methoxy groups -OCH3 is 1. The summed E-state index contributed by atoms with van der Waals surface area (Å²) in [6.45, 7) is 2.04. The zero-order valence-corrected chi connectivity index (χ0v) is 23.8. The third-order valence-corrected chi connectivity index (χ3v) is 8.92. The maximum atomic E-state index is 14.4. The summed E-state index contributed by atoms with van der Waals surface area (Å²) in [6, 6.07) is 0.671. The van der Waals surface area contributed by atoms with Crippen LogP contribution in [0.2, 0.25) is 0 Å². The number of nitrogens with one attached hydrogen (secondary N) is 2. The number of ether oxygens (including phenoxy) is 1. The average molecular weight is 598 g/mol. The maximum Gasteiger partial charge on any atom is 0.404 e. The number of carbonyl (C=O) groups excluding carboxylic acids is 2. The van der Waals surface area contributed by atoms with Gasteiger partial charge in [0, 0.05) is 42.6 Å². The molecule has 42 heavy (non-hydrogen) atoms. The minimum atomic E-state index is -4.47. The highest BCUT2D eigenvalue weighted by atomic mass is 19.4. The number of Topliss-reactive ketones (excluding diaryl/α,β-unsaturated/α-hetero) is 1. The summed E-state index contributed by atoms with van der Waals surface area (Å²) in [5.74, 6) is -1.45. The SMILES string of the molecule is COc1cc(-c2cc(C(=O)C3[C@@H]4CC[C@H]3CC(C(=O)N[C@@H]3CC[C@@H](C(F)(F)F)N(CC(C)(C)F)C3)C4)[nH]n2)c(F)cn1. The Kier molecular flexibility index (Phi) is 8.34. The first kappa shape index (κ1) is 30.4. The Labute approximate surface area is 240 Å². The van der Waals surface area contributed by atoms with E-state index in [-0.39, 0.29) is 84.1 Å². The molecule has 2 saturated carbocycles. The number of fused-ring (bicyclic) bond motifs is 2. The molecule has 13 heteroatoms. The zero-order chi connectivity index (χ0) is 30.4. The van der Waals surface area contributed by atoms with Gasteiger partial charge in [0.1, 0.15) is 17.4 Å². The van der Waals surface area contributed by atoms with Crippen LogP contribution in [-0.4, -0.2) is 75.9 Å². The molecule has 0 aromatic carbocycles. The van der Waals surface area contributed by atoms with Gasteiger partial charge in [-0.3, -0.25) is 19.6 Å². The van der Waals surface area contributed by atoms with E-state index in [2.05, 4.69) is 20.5 Å².